The van der Waals surface area contributed by atoms with Crippen LogP contribution < -0.4 is 16.4 Å². The van der Waals surface area contributed by atoms with E-state index < -0.39 is 0 Å². The second-order valence-electron chi connectivity index (χ2n) is 3.19. The first-order valence-electron chi connectivity index (χ1n) is 4.52. The fraction of sp³-hybridized carbons (Fsp3) is 0.444. The number of aromatic nitrogens is 1. The molecule has 0 amide bonds. The number of rotatable bonds is 1. The van der Waals surface area contributed by atoms with Crippen LogP contribution in [0.3, 0.4) is 0 Å². The highest BCUT2D eigenvalue weighted by Crippen LogP contribution is 2.17. The average molecular weight is 178 g/mol. The summed E-state index contributed by atoms with van der Waals surface area (Å²) in [6.07, 6.45) is 1.78. The number of hydrogen-bond acceptors (Lipinski definition) is 4. The predicted molar refractivity (Wildman–Crippen MR) is 52.3 cm³/mol. The first kappa shape index (κ1) is 8.47. The monoisotopic (exact) mass is 178 g/mol. The van der Waals surface area contributed by atoms with E-state index in [-0.39, 0.29) is 6.04 Å². The molecule has 1 aromatic heterocycles. The third kappa shape index (κ3) is 1.79. The fourth-order valence-electron chi connectivity index (χ4n) is 1.57. The number of pyridine rings is 1. The molecular formula is C9H14N4. The molecule has 1 atom stereocenters. The van der Waals surface area contributed by atoms with E-state index in [1.807, 2.05) is 12.1 Å². The van der Waals surface area contributed by atoms with Gasteiger partial charge >= 0.3 is 0 Å². The molecule has 70 valence electrons. The van der Waals surface area contributed by atoms with Gasteiger partial charge in [0.25, 0.3) is 0 Å². The van der Waals surface area contributed by atoms with Gasteiger partial charge in [0.15, 0.2) is 0 Å². The molecule has 1 aliphatic rings. The first-order chi connectivity index (χ1) is 6.38. The SMILES string of the molecule is Nc1cccnc1[C@@H]1CNCCN1. The molecule has 13 heavy (non-hydrogen) atoms. The normalized spacial score (nSPS) is 22.9. The Morgan fingerprint density at radius 3 is 3.08 bits per heavy atom. The lowest BCUT2D eigenvalue weighted by Crippen LogP contribution is -2.43. The van der Waals surface area contributed by atoms with Gasteiger partial charge in [0.1, 0.15) is 0 Å². The van der Waals surface area contributed by atoms with Crippen LogP contribution in [0.5, 0.6) is 0 Å². The van der Waals surface area contributed by atoms with Crippen molar-refractivity contribution in [2.45, 2.75) is 6.04 Å². The average Bonchev–Trinajstić information content (AvgIpc) is 2.20. The maximum atomic E-state index is 5.82. The van der Waals surface area contributed by atoms with Crippen molar-refractivity contribution in [1.29, 1.82) is 0 Å². The third-order valence-electron chi connectivity index (χ3n) is 2.24. The topological polar surface area (TPSA) is 63.0 Å². The van der Waals surface area contributed by atoms with Crippen LogP contribution in [0.1, 0.15) is 11.7 Å². The molecule has 0 aromatic carbocycles. The summed E-state index contributed by atoms with van der Waals surface area (Å²) in [6, 6.07) is 4.00. The lowest BCUT2D eigenvalue weighted by atomic mass is 10.1. The summed E-state index contributed by atoms with van der Waals surface area (Å²) in [5, 5.41) is 6.67. The molecule has 0 spiro atoms. The summed E-state index contributed by atoms with van der Waals surface area (Å²) < 4.78 is 0. The zero-order valence-corrected chi connectivity index (χ0v) is 7.46. The Labute approximate surface area is 77.5 Å². The Hall–Kier alpha value is -1.13. The van der Waals surface area contributed by atoms with E-state index in [4.69, 9.17) is 5.73 Å². The van der Waals surface area contributed by atoms with Gasteiger partial charge in [-0.1, -0.05) is 0 Å². The van der Waals surface area contributed by atoms with Gasteiger partial charge in [0.05, 0.1) is 17.4 Å². The Morgan fingerprint density at radius 2 is 2.38 bits per heavy atom. The Balaban J connectivity index is 2.18. The smallest absolute Gasteiger partial charge is 0.0814 e. The van der Waals surface area contributed by atoms with Gasteiger partial charge in [-0.3, -0.25) is 4.98 Å². The summed E-state index contributed by atoms with van der Waals surface area (Å²) in [6.45, 7) is 2.89. The molecular weight excluding hydrogens is 164 g/mol. The number of hydrogen-bond donors (Lipinski definition) is 3. The Morgan fingerprint density at radius 1 is 1.46 bits per heavy atom. The van der Waals surface area contributed by atoms with Crippen LogP contribution in [0, 0.1) is 0 Å². The fourth-order valence-corrected chi connectivity index (χ4v) is 1.57. The molecule has 0 unspecified atom stereocenters. The zero-order valence-electron chi connectivity index (χ0n) is 7.46. The van der Waals surface area contributed by atoms with Gasteiger partial charge in [0, 0.05) is 25.8 Å². The van der Waals surface area contributed by atoms with E-state index in [0.29, 0.717) is 0 Å². The molecule has 1 aliphatic heterocycles. The van der Waals surface area contributed by atoms with Crippen LogP contribution in [0.4, 0.5) is 5.69 Å². The molecule has 0 aliphatic carbocycles. The van der Waals surface area contributed by atoms with Gasteiger partial charge in [-0.25, -0.2) is 0 Å². The second kappa shape index (κ2) is 3.72. The summed E-state index contributed by atoms with van der Waals surface area (Å²) in [4.78, 5) is 4.27. The van der Waals surface area contributed by atoms with Crippen molar-refractivity contribution in [3.63, 3.8) is 0 Å². The zero-order chi connectivity index (χ0) is 9.10. The number of piperazine rings is 1. The Bertz CT molecular complexity index is 281. The molecule has 4 nitrogen and oxygen atoms in total. The van der Waals surface area contributed by atoms with Crippen molar-refractivity contribution in [3.05, 3.63) is 24.0 Å². The minimum absolute atomic E-state index is 0.259. The van der Waals surface area contributed by atoms with E-state index in [1.165, 1.54) is 0 Å². The molecule has 2 rings (SSSR count). The second-order valence-corrected chi connectivity index (χ2v) is 3.19. The highest BCUT2D eigenvalue weighted by atomic mass is 15.1. The van der Waals surface area contributed by atoms with Gasteiger partial charge < -0.3 is 16.4 Å². The summed E-state index contributed by atoms with van der Waals surface area (Å²) in [5.41, 5.74) is 7.54. The third-order valence-corrected chi connectivity index (χ3v) is 2.24. The predicted octanol–water partition coefficient (Wildman–Crippen LogP) is -0.102. The van der Waals surface area contributed by atoms with Crippen molar-refractivity contribution in [2.24, 2.45) is 0 Å². The van der Waals surface area contributed by atoms with Crippen LogP contribution in [0.25, 0.3) is 0 Å². The lowest BCUT2D eigenvalue weighted by Gasteiger charge is -2.24. The van der Waals surface area contributed by atoms with Crippen molar-refractivity contribution < 1.29 is 0 Å². The van der Waals surface area contributed by atoms with Gasteiger partial charge in [-0.05, 0) is 12.1 Å². The summed E-state index contributed by atoms with van der Waals surface area (Å²) in [7, 11) is 0. The highest BCUT2D eigenvalue weighted by Gasteiger charge is 2.16. The van der Waals surface area contributed by atoms with Crippen molar-refractivity contribution >= 4 is 5.69 Å². The summed E-state index contributed by atoms with van der Waals surface area (Å²) in [5.74, 6) is 0. The van der Waals surface area contributed by atoms with E-state index in [9.17, 15) is 0 Å². The van der Waals surface area contributed by atoms with Crippen LogP contribution in [0.15, 0.2) is 18.3 Å². The molecule has 0 bridgehead atoms. The Kier molecular flexibility index (Phi) is 2.42. The van der Waals surface area contributed by atoms with E-state index in [0.717, 1.165) is 31.0 Å². The highest BCUT2D eigenvalue weighted by molar-refractivity contribution is 5.43. The van der Waals surface area contributed by atoms with Crippen LogP contribution in [0.2, 0.25) is 0 Å². The molecule has 1 saturated heterocycles. The molecule has 0 saturated carbocycles. The van der Waals surface area contributed by atoms with E-state index in [1.54, 1.807) is 6.20 Å². The van der Waals surface area contributed by atoms with Gasteiger partial charge in [0.2, 0.25) is 0 Å². The number of anilines is 1. The molecule has 4 heteroatoms. The molecule has 1 aromatic rings. The quantitative estimate of drug-likeness (QED) is 0.562. The standard InChI is InChI=1S/C9H14N4/c10-7-2-1-3-13-9(7)8-6-11-4-5-12-8/h1-3,8,11-12H,4-6,10H2/t8-/m0/s1. The van der Waals surface area contributed by atoms with E-state index in [2.05, 4.69) is 15.6 Å². The van der Waals surface area contributed by atoms with Gasteiger partial charge in [-0.15, -0.1) is 0 Å². The molecule has 4 N–H and O–H groups in total. The van der Waals surface area contributed by atoms with Crippen molar-refractivity contribution in [1.82, 2.24) is 15.6 Å². The number of nitrogens with zero attached hydrogens (tertiary/aromatic N) is 1. The number of nitrogens with two attached hydrogens (primary N) is 1. The van der Waals surface area contributed by atoms with Crippen molar-refractivity contribution in [2.75, 3.05) is 25.4 Å². The first-order valence-corrected chi connectivity index (χ1v) is 4.52. The largest absolute Gasteiger partial charge is 0.397 e. The van der Waals surface area contributed by atoms with Crippen molar-refractivity contribution in [3.8, 4) is 0 Å². The van der Waals surface area contributed by atoms with Crippen LogP contribution in [-0.2, 0) is 0 Å². The molecule has 0 radical (unpaired) electrons. The number of nitrogen functional groups attached to an aromatic ring is 1. The minimum Gasteiger partial charge on any atom is -0.397 e. The lowest BCUT2D eigenvalue weighted by molar-refractivity contribution is 0.424. The summed E-state index contributed by atoms with van der Waals surface area (Å²) >= 11 is 0. The van der Waals surface area contributed by atoms with E-state index >= 15 is 0 Å². The van der Waals surface area contributed by atoms with Crippen LogP contribution in [-0.4, -0.2) is 24.6 Å². The molecule has 1 fully saturated rings. The van der Waals surface area contributed by atoms with Crippen LogP contribution >= 0.6 is 0 Å². The number of nitrogens with one attached hydrogen (secondary N) is 2. The molecule has 2 heterocycles. The minimum atomic E-state index is 0.259. The maximum absolute atomic E-state index is 5.82. The maximum Gasteiger partial charge on any atom is 0.0814 e. The van der Waals surface area contributed by atoms with Gasteiger partial charge in [-0.2, -0.15) is 0 Å².